The first-order valence-corrected chi connectivity index (χ1v) is 6.46. The number of aromatic nitrogens is 1. The van der Waals surface area contributed by atoms with Gasteiger partial charge >= 0.3 is 5.97 Å². The Morgan fingerprint density at radius 2 is 2.11 bits per heavy atom. The number of hydrogen-bond donors (Lipinski definition) is 1. The molecule has 106 valence electrons. The van der Waals surface area contributed by atoms with E-state index in [-0.39, 0.29) is 0 Å². The predicted molar refractivity (Wildman–Crippen MR) is 76.5 cm³/mol. The Bertz CT molecular complexity index is 421. The second kappa shape index (κ2) is 7.09. The first kappa shape index (κ1) is 15.4. The average molecular weight is 265 g/mol. The molecule has 1 unspecified atom stereocenters. The van der Waals surface area contributed by atoms with Crippen LogP contribution in [0.3, 0.4) is 0 Å². The number of aliphatic carboxylic acids is 1. The highest BCUT2D eigenvalue weighted by Crippen LogP contribution is 2.17. The molecule has 0 aromatic carbocycles. The number of anilines is 1. The number of hydrogen-bond acceptors (Lipinski definition) is 4. The molecule has 1 N–H and O–H groups in total. The van der Waals surface area contributed by atoms with Crippen LogP contribution in [0.15, 0.2) is 18.3 Å². The van der Waals surface area contributed by atoms with Gasteiger partial charge in [0.1, 0.15) is 5.82 Å². The number of carboxylic acid groups (broad SMARTS) is 1. The van der Waals surface area contributed by atoms with Crippen molar-refractivity contribution in [3.8, 4) is 0 Å². The number of carboxylic acids is 1. The molecule has 0 bridgehead atoms. The first-order chi connectivity index (χ1) is 8.91. The molecule has 5 heteroatoms. The van der Waals surface area contributed by atoms with E-state index in [0.717, 1.165) is 24.5 Å². The maximum absolute atomic E-state index is 11.0. The Morgan fingerprint density at radius 1 is 1.42 bits per heavy atom. The second-order valence-corrected chi connectivity index (χ2v) is 5.13. The van der Waals surface area contributed by atoms with E-state index in [0.29, 0.717) is 6.54 Å². The Hall–Kier alpha value is -1.62. The topological polar surface area (TPSA) is 56.7 Å². The maximum Gasteiger partial charge on any atom is 0.308 e. The summed E-state index contributed by atoms with van der Waals surface area (Å²) in [5.41, 5.74) is 1.07. The fraction of sp³-hybridized carbons (Fsp3) is 0.571. The summed E-state index contributed by atoms with van der Waals surface area (Å²) in [7, 11) is 4.01. The van der Waals surface area contributed by atoms with Crippen LogP contribution in [0.5, 0.6) is 0 Å². The average Bonchev–Trinajstić information content (AvgIpc) is 2.34. The molecule has 0 saturated heterocycles. The van der Waals surface area contributed by atoms with Crippen LogP contribution in [0.25, 0.3) is 0 Å². The van der Waals surface area contributed by atoms with Gasteiger partial charge in [-0.1, -0.05) is 13.0 Å². The molecule has 0 saturated carbocycles. The summed E-state index contributed by atoms with van der Waals surface area (Å²) in [6, 6.07) is 3.89. The van der Waals surface area contributed by atoms with E-state index in [9.17, 15) is 4.79 Å². The zero-order chi connectivity index (χ0) is 14.4. The van der Waals surface area contributed by atoms with Gasteiger partial charge in [-0.3, -0.25) is 4.79 Å². The molecule has 5 nitrogen and oxygen atoms in total. The molecular weight excluding hydrogens is 242 g/mol. The lowest BCUT2D eigenvalue weighted by Gasteiger charge is -2.28. The van der Waals surface area contributed by atoms with Crippen molar-refractivity contribution in [1.82, 2.24) is 9.88 Å². The summed E-state index contributed by atoms with van der Waals surface area (Å²) in [5.74, 6) is -0.315. The fourth-order valence-corrected chi connectivity index (χ4v) is 1.82. The summed E-state index contributed by atoms with van der Waals surface area (Å²) in [4.78, 5) is 19.5. The minimum absolute atomic E-state index is 0.413. The molecule has 0 spiro atoms. The van der Waals surface area contributed by atoms with Crippen molar-refractivity contribution in [1.29, 1.82) is 0 Å². The molecular formula is C14H23N3O2. The van der Waals surface area contributed by atoms with E-state index in [1.807, 2.05) is 38.1 Å². The standard InChI is InChI=1S/C14H23N3O2/c1-11-6-5-7-15-13(11)17(9-8-16(3)4)10-12(2)14(18)19/h5-7,12H,8-10H2,1-4H3,(H,18,19). The van der Waals surface area contributed by atoms with Gasteiger partial charge in [-0.15, -0.1) is 0 Å². The molecule has 0 fully saturated rings. The number of carbonyl (C=O) groups is 1. The first-order valence-electron chi connectivity index (χ1n) is 6.46. The molecule has 1 rings (SSSR count). The third kappa shape index (κ3) is 4.87. The molecule has 19 heavy (non-hydrogen) atoms. The molecule has 0 aliphatic rings. The van der Waals surface area contributed by atoms with E-state index in [1.165, 1.54) is 0 Å². The zero-order valence-electron chi connectivity index (χ0n) is 12.1. The van der Waals surface area contributed by atoms with Crippen LogP contribution in [0.4, 0.5) is 5.82 Å². The number of pyridine rings is 1. The van der Waals surface area contributed by atoms with Gasteiger partial charge in [0.05, 0.1) is 5.92 Å². The summed E-state index contributed by atoms with van der Waals surface area (Å²) in [5, 5.41) is 9.07. The van der Waals surface area contributed by atoms with Crippen LogP contribution < -0.4 is 4.90 Å². The van der Waals surface area contributed by atoms with Crippen LogP contribution in [0.1, 0.15) is 12.5 Å². The van der Waals surface area contributed by atoms with Crippen LogP contribution in [0.2, 0.25) is 0 Å². The number of aryl methyl sites for hydroxylation is 1. The van der Waals surface area contributed by atoms with Gasteiger partial charge in [0.2, 0.25) is 0 Å². The van der Waals surface area contributed by atoms with Crippen molar-refractivity contribution in [3.05, 3.63) is 23.9 Å². The summed E-state index contributed by atoms with van der Waals surface area (Å²) in [6.07, 6.45) is 1.75. The molecule has 0 amide bonds. The summed E-state index contributed by atoms with van der Waals surface area (Å²) >= 11 is 0. The molecule has 1 atom stereocenters. The normalized spacial score (nSPS) is 12.5. The molecule has 1 aromatic rings. The zero-order valence-corrected chi connectivity index (χ0v) is 12.1. The lowest BCUT2D eigenvalue weighted by molar-refractivity contribution is -0.140. The van der Waals surface area contributed by atoms with Gasteiger partial charge in [-0.05, 0) is 32.6 Å². The summed E-state index contributed by atoms with van der Waals surface area (Å²) in [6.45, 7) is 5.82. The molecule has 1 heterocycles. The van der Waals surface area contributed by atoms with Crippen LogP contribution in [-0.2, 0) is 4.79 Å². The Labute approximate surface area is 114 Å². The van der Waals surface area contributed by atoms with E-state index in [4.69, 9.17) is 5.11 Å². The Balaban J connectivity index is 2.85. The molecule has 0 aliphatic carbocycles. The lowest BCUT2D eigenvalue weighted by Crippen LogP contribution is -2.37. The lowest BCUT2D eigenvalue weighted by atomic mass is 10.1. The highest BCUT2D eigenvalue weighted by Gasteiger charge is 2.18. The summed E-state index contributed by atoms with van der Waals surface area (Å²) < 4.78 is 0. The third-order valence-electron chi connectivity index (χ3n) is 3.01. The predicted octanol–water partition coefficient (Wildman–Crippen LogP) is 1.48. The van der Waals surface area contributed by atoms with Crippen molar-refractivity contribution in [3.63, 3.8) is 0 Å². The largest absolute Gasteiger partial charge is 0.481 e. The molecule has 1 aromatic heterocycles. The number of likely N-dealkylation sites (N-methyl/N-ethyl adjacent to an activating group) is 1. The van der Waals surface area contributed by atoms with Gasteiger partial charge in [-0.2, -0.15) is 0 Å². The second-order valence-electron chi connectivity index (χ2n) is 5.13. The van der Waals surface area contributed by atoms with Gasteiger partial charge in [0, 0.05) is 25.8 Å². The minimum atomic E-state index is -0.775. The highest BCUT2D eigenvalue weighted by atomic mass is 16.4. The van der Waals surface area contributed by atoms with Gasteiger partial charge in [0.15, 0.2) is 0 Å². The van der Waals surface area contributed by atoms with Gasteiger partial charge in [0.25, 0.3) is 0 Å². The van der Waals surface area contributed by atoms with Crippen LogP contribution in [-0.4, -0.2) is 54.7 Å². The van der Waals surface area contributed by atoms with E-state index < -0.39 is 11.9 Å². The highest BCUT2D eigenvalue weighted by molar-refractivity contribution is 5.70. The quantitative estimate of drug-likeness (QED) is 0.809. The third-order valence-corrected chi connectivity index (χ3v) is 3.01. The smallest absolute Gasteiger partial charge is 0.308 e. The molecule has 0 aliphatic heterocycles. The van der Waals surface area contributed by atoms with E-state index in [1.54, 1.807) is 13.1 Å². The Kier molecular flexibility index (Phi) is 5.76. The van der Waals surface area contributed by atoms with E-state index in [2.05, 4.69) is 9.88 Å². The maximum atomic E-state index is 11.0. The van der Waals surface area contributed by atoms with Crippen molar-refractivity contribution in [2.75, 3.05) is 38.6 Å². The monoisotopic (exact) mass is 265 g/mol. The van der Waals surface area contributed by atoms with Crippen LogP contribution >= 0.6 is 0 Å². The van der Waals surface area contributed by atoms with Crippen molar-refractivity contribution in [2.45, 2.75) is 13.8 Å². The Morgan fingerprint density at radius 3 is 2.63 bits per heavy atom. The van der Waals surface area contributed by atoms with Crippen LogP contribution in [0, 0.1) is 12.8 Å². The SMILES string of the molecule is Cc1cccnc1N(CCN(C)C)CC(C)C(=O)O. The van der Waals surface area contributed by atoms with Gasteiger partial charge in [-0.25, -0.2) is 4.98 Å². The number of rotatable bonds is 7. The van der Waals surface area contributed by atoms with Crippen molar-refractivity contribution < 1.29 is 9.90 Å². The van der Waals surface area contributed by atoms with E-state index >= 15 is 0 Å². The van der Waals surface area contributed by atoms with Crippen molar-refractivity contribution in [2.24, 2.45) is 5.92 Å². The minimum Gasteiger partial charge on any atom is -0.481 e. The molecule has 0 radical (unpaired) electrons. The number of nitrogens with zero attached hydrogens (tertiary/aromatic N) is 3. The van der Waals surface area contributed by atoms with Crippen molar-refractivity contribution >= 4 is 11.8 Å². The fourth-order valence-electron chi connectivity index (χ4n) is 1.82. The van der Waals surface area contributed by atoms with Gasteiger partial charge < -0.3 is 14.9 Å².